The minimum atomic E-state index is -1.28. The molecule has 2 amide bonds. The topological polar surface area (TPSA) is 105 Å². The fraction of sp³-hybridized carbons (Fsp3) is 0.400. The zero-order valence-electron chi connectivity index (χ0n) is 9.42. The zero-order valence-corrected chi connectivity index (χ0v) is 9.42. The highest BCUT2D eigenvalue weighted by molar-refractivity contribution is 5.86. The van der Waals surface area contributed by atoms with Gasteiger partial charge >= 0.3 is 0 Å². The van der Waals surface area contributed by atoms with Crippen LogP contribution >= 0.6 is 0 Å². The average Bonchev–Trinajstić information content (AvgIpc) is 2.27. The molecule has 0 spiro atoms. The molecule has 7 heteroatoms. The number of aliphatic hydroxyl groups excluding tert-OH is 1. The third-order valence-corrected chi connectivity index (χ3v) is 2.06. The largest absolute Gasteiger partial charge is 0.467 e. The highest BCUT2D eigenvalue weighted by atomic mass is 16.6. The van der Waals surface area contributed by atoms with E-state index in [9.17, 15) is 14.7 Å². The summed E-state index contributed by atoms with van der Waals surface area (Å²) in [4.78, 5) is 23.7. The quantitative estimate of drug-likeness (QED) is 0.530. The van der Waals surface area contributed by atoms with Crippen LogP contribution in [-0.2, 0) is 14.3 Å². The Balaban J connectivity index is 2.88. The van der Waals surface area contributed by atoms with Crippen molar-refractivity contribution in [2.75, 3.05) is 20.1 Å². The maximum absolute atomic E-state index is 11.7. The lowest BCUT2D eigenvalue weighted by Crippen LogP contribution is -2.44. The lowest BCUT2D eigenvalue weighted by atomic mass is 10.2. The van der Waals surface area contributed by atoms with Crippen molar-refractivity contribution in [3.8, 4) is 0 Å². The number of carbonyl (C=O) groups excluding carboxylic acids is 2. The molecule has 1 aliphatic heterocycles. The van der Waals surface area contributed by atoms with Crippen molar-refractivity contribution in [3.63, 3.8) is 0 Å². The van der Waals surface area contributed by atoms with Crippen LogP contribution in [0.25, 0.3) is 0 Å². The van der Waals surface area contributed by atoms with Crippen LogP contribution in [0.1, 0.15) is 0 Å². The van der Waals surface area contributed by atoms with Crippen molar-refractivity contribution in [1.29, 1.82) is 0 Å². The molecule has 0 aromatic rings. The van der Waals surface area contributed by atoms with Crippen LogP contribution in [0.4, 0.5) is 0 Å². The van der Waals surface area contributed by atoms with Gasteiger partial charge in [-0.3, -0.25) is 14.5 Å². The van der Waals surface area contributed by atoms with Crippen LogP contribution in [-0.4, -0.2) is 48.2 Å². The number of amides is 2. The molecule has 1 rings (SSSR count). The molecule has 1 atom stereocenters. The van der Waals surface area contributed by atoms with Gasteiger partial charge in [0.25, 0.3) is 0 Å². The summed E-state index contributed by atoms with van der Waals surface area (Å²) in [7, 11) is 1.60. The van der Waals surface area contributed by atoms with E-state index in [1.807, 2.05) is 0 Å². The van der Waals surface area contributed by atoms with Gasteiger partial charge in [-0.05, 0) is 19.2 Å². The molecule has 0 aromatic carbocycles. The van der Waals surface area contributed by atoms with Crippen molar-refractivity contribution < 1.29 is 19.4 Å². The number of hydrogen-bond donors (Lipinski definition) is 3. The highest BCUT2D eigenvalue weighted by Gasteiger charge is 2.26. The summed E-state index contributed by atoms with van der Waals surface area (Å²) in [5.74, 6) is -1.05. The van der Waals surface area contributed by atoms with Crippen LogP contribution in [0.15, 0.2) is 24.1 Å². The van der Waals surface area contributed by atoms with E-state index in [0.29, 0.717) is 0 Å². The number of carbonyl (C=O) groups is 2. The first-order chi connectivity index (χ1) is 8.06. The van der Waals surface area contributed by atoms with Gasteiger partial charge in [-0.25, -0.2) is 0 Å². The molecule has 0 saturated carbocycles. The standard InChI is InChI=1S/C10H15N3O4/c1-12-5-9(15)13(6-8(11)14)7-3-2-4-17-10(7)16/h2-4,10,12,16H,5-6H2,1H3,(H2,11,14). The zero-order chi connectivity index (χ0) is 12.8. The van der Waals surface area contributed by atoms with E-state index >= 15 is 0 Å². The molecule has 1 heterocycles. The molecule has 0 aliphatic carbocycles. The first-order valence-electron chi connectivity index (χ1n) is 4.99. The van der Waals surface area contributed by atoms with Gasteiger partial charge in [-0.15, -0.1) is 0 Å². The number of likely N-dealkylation sites (N-methyl/N-ethyl adjacent to an activating group) is 1. The number of nitrogens with two attached hydrogens (primary N) is 1. The van der Waals surface area contributed by atoms with Crippen molar-refractivity contribution in [3.05, 3.63) is 24.1 Å². The second kappa shape index (κ2) is 6.02. The molecule has 0 bridgehead atoms. The number of allylic oxidation sites excluding steroid dienone is 2. The lowest BCUT2D eigenvalue weighted by molar-refractivity contribution is -0.135. The number of aliphatic hydroxyl groups is 1. The molecule has 1 unspecified atom stereocenters. The van der Waals surface area contributed by atoms with Crippen LogP contribution in [0.5, 0.6) is 0 Å². The molecule has 0 fully saturated rings. The Morgan fingerprint density at radius 2 is 2.35 bits per heavy atom. The maximum atomic E-state index is 11.7. The van der Waals surface area contributed by atoms with Crippen LogP contribution in [0.2, 0.25) is 0 Å². The van der Waals surface area contributed by atoms with E-state index in [0.717, 1.165) is 4.90 Å². The van der Waals surface area contributed by atoms with Gasteiger partial charge in [0.15, 0.2) is 0 Å². The predicted molar refractivity (Wildman–Crippen MR) is 59.1 cm³/mol. The number of rotatable bonds is 5. The first kappa shape index (κ1) is 13.2. The molecule has 17 heavy (non-hydrogen) atoms. The molecule has 0 saturated heterocycles. The van der Waals surface area contributed by atoms with E-state index in [1.54, 1.807) is 7.05 Å². The number of hydrogen-bond acceptors (Lipinski definition) is 5. The molecule has 1 aliphatic rings. The molecule has 0 aromatic heterocycles. The Labute approximate surface area is 98.5 Å². The van der Waals surface area contributed by atoms with Crippen molar-refractivity contribution in [1.82, 2.24) is 10.2 Å². The van der Waals surface area contributed by atoms with E-state index < -0.39 is 12.2 Å². The minimum absolute atomic E-state index is 0.0288. The van der Waals surface area contributed by atoms with E-state index in [2.05, 4.69) is 5.32 Å². The van der Waals surface area contributed by atoms with Gasteiger partial charge in [0.05, 0.1) is 18.5 Å². The van der Waals surface area contributed by atoms with Gasteiger partial charge in [0, 0.05) is 0 Å². The number of nitrogens with zero attached hydrogens (tertiary/aromatic N) is 1. The molecular formula is C10H15N3O4. The van der Waals surface area contributed by atoms with Gasteiger partial charge in [0.2, 0.25) is 18.1 Å². The third kappa shape index (κ3) is 3.58. The van der Waals surface area contributed by atoms with Gasteiger partial charge in [-0.2, -0.15) is 0 Å². The summed E-state index contributed by atoms with van der Waals surface area (Å²) in [6.45, 7) is -0.276. The number of ether oxygens (including phenoxy) is 1. The predicted octanol–water partition coefficient (Wildman–Crippen LogP) is -1.73. The van der Waals surface area contributed by atoms with Crippen LogP contribution in [0.3, 0.4) is 0 Å². The van der Waals surface area contributed by atoms with Crippen molar-refractivity contribution in [2.24, 2.45) is 5.73 Å². The molecule has 94 valence electrons. The maximum Gasteiger partial charge on any atom is 0.241 e. The van der Waals surface area contributed by atoms with Gasteiger partial charge in [0.1, 0.15) is 6.54 Å². The molecule has 4 N–H and O–H groups in total. The van der Waals surface area contributed by atoms with E-state index in [1.165, 1.54) is 18.4 Å². The highest BCUT2D eigenvalue weighted by Crippen LogP contribution is 2.15. The van der Waals surface area contributed by atoms with Gasteiger partial charge in [-0.1, -0.05) is 0 Å². The first-order valence-corrected chi connectivity index (χ1v) is 4.99. The number of primary amides is 1. The normalized spacial score (nSPS) is 18.2. The molecule has 0 radical (unpaired) electrons. The van der Waals surface area contributed by atoms with Crippen LogP contribution in [0, 0.1) is 0 Å². The second-order valence-corrected chi connectivity index (χ2v) is 3.39. The smallest absolute Gasteiger partial charge is 0.241 e. The summed E-state index contributed by atoms with van der Waals surface area (Å²) in [5, 5.41) is 12.2. The Hall–Kier alpha value is -1.86. The summed E-state index contributed by atoms with van der Waals surface area (Å²) in [6, 6.07) is 0. The molecule has 7 nitrogen and oxygen atoms in total. The Kier molecular flexibility index (Phi) is 4.68. The fourth-order valence-corrected chi connectivity index (χ4v) is 1.36. The van der Waals surface area contributed by atoms with E-state index in [4.69, 9.17) is 10.5 Å². The lowest BCUT2D eigenvalue weighted by Gasteiger charge is -2.28. The summed E-state index contributed by atoms with van der Waals surface area (Å²) in [5.41, 5.74) is 5.25. The van der Waals surface area contributed by atoms with Crippen molar-refractivity contribution in [2.45, 2.75) is 6.29 Å². The third-order valence-electron chi connectivity index (χ3n) is 2.06. The second-order valence-electron chi connectivity index (χ2n) is 3.39. The minimum Gasteiger partial charge on any atom is -0.467 e. The fourth-order valence-electron chi connectivity index (χ4n) is 1.36. The van der Waals surface area contributed by atoms with Crippen molar-refractivity contribution >= 4 is 11.8 Å². The summed E-state index contributed by atoms with van der Waals surface area (Å²) >= 11 is 0. The monoisotopic (exact) mass is 241 g/mol. The summed E-state index contributed by atoms with van der Waals surface area (Å²) < 4.78 is 4.82. The average molecular weight is 241 g/mol. The Bertz CT molecular complexity index is 365. The molecular weight excluding hydrogens is 226 g/mol. The summed E-state index contributed by atoms with van der Waals surface area (Å²) in [6.07, 6.45) is 3.02. The Morgan fingerprint density at radius 3 is 2.88 bits per heavy atom. The number of nitrogens with one attached hydrogen (secondary N) is 1. The van der Waals surface area contributed by atoms with Crippen LogP contribution < -0.4 is 11.1 Å². The van der Waals surface area contributed by atoms with Gasteiger partial charge < -0.3 is 20.9 Å². The Morgan fingerprint density at radius 1 is 1.65 bits per heavy atom. The SMILES string of the molecule is CNCC(=O)N(CC(N)=O)C1=CC=COC1O. The van der Waals surface area contributed by atoms with E-state index in [-0.39, 0.29) is 24.7 Å².